The third kappa shape index (κ3) is 1.92. The van der Waals surface area contributed by atoms with Crippen molar-refractivity contribution in [3.8, 4) is 12.3 Å². The third-order valence-electron chi connectivity index (χ3n) is 2.72. The number of aryl methyl sites for hydroxylation is 1. The highest BCUT2D eigenvalue weighted by atomic mass is 19.1. The van der Waals surface area contributed by atoms with E-state index in [0.717, 1.165) is 11.3 Å². The Kier molecular flexibility index (Phi) is 2.91. The van der Waals surface area contributed by atoms with Crippen LogP contribution in [0, 0.1) is 18.2 Å². The molecule has 1 aromatic rings. The largest absolute Gasteiger partial charge is 0.311 e. The number of rotatable bonds is 2. The van der Waals surface area contributed by atoms with E-state index in [1.165, 1.54) is 12.1 Å². The molecular weight excluding hydrogens is 205 g/mol. The molecule has 16 heavy (non-hydrogen) atoms. The van der Waals surface area contributed by atoms with Crippen LogP contribution in [0.1, 0.15) is 18.4 Å². The SMILES string of the molecule is C#CCCN1C(=O)CCc2cc(F)ccc21. The van der Waals surface area contributed by atoms with Crippen molar-refractivity contribution in [3.63, 3.8) is 0 Å². The minimum atomic E-state index is -0.259. The Hall–Kier alpha value is -1.82. The van der Waals surface area contributed by atoms with E-state index >= 15 is 0 Å². The number of carbonyl (C=O) groups is 1. The van der Waals surface area contributed by atoms with Crippen LogP contribution in [0.3, 0.4) is 0 Å². The molecular formula is C13H12FNO. The second-order valence-corrected chi connectivity index (χ2v) is 3.77. The zero-order valence-corrected chi connectivity index (χ0v) is 8.87. The topological polar surface area (TPSA) is 20.3 Å². The maximum Gasteiger partial charge on any atom is 0.227 e. The van der Waals surface area contributed by atoms with Gasteiger partial charge in [0.1, 0.15) is 5.82 Å². The van der Waals surface area contributed by atoms with Gasteiger partial charge in [0, 0.05) is 25.1 Å². The molecule has 0 fully saturated rings. The molecule has 1 heterocycles. The van der Waals surface area contributed by atoms with E-state index in [0.29, 0.717) is 25.8 Å². The predicted octanol–water partition coefficient (Wildman–Crippen LogP) is 2.13. The second-order valence-electron chi connectivity index (χ2n) is 3.77. The van der Waals surface area contributed by atoms with E-state index in [4.69, 9.17) is 6.42 Å². The Morgan fingerprint density at radius 2 is 2.25 bits per heavy atom. The highest BCUT2D eigenvalue weighted by Gasteiger charge is 2.23. The Bertz CT molecular complexity index is 461. The van der Waals surface area contributed by atoms with Crippen molar-refractivity contribution in [2.24, 2.45) is 0 Å². The van der Waals surface area contributed by atoms with E-state index < -0.39 is 0 Å². The lowest BCUT2D eigenvalue weighted by Crippen LogP contribution is -2.35. The predicted molar refractivity (Wildman–Crippen MR) is 60.5 cm³/mol. The standard InChI is InChI=1S/C13H12FNO/c1-2-3-8-15-12-6-5-11(14)9-10(12)4-7-13(15)16/h1,5-6,9H,3-4,7-8H2. The first-order valence-electron chi connectivity index (χ1n) is 5.24. The quantitative estimate of drug-likeness (QED) is 0.695. The van der Waals surface area contributed by atoms with Crippen molar-refractivity contribution in [2.45, 2.75) is 19.3 Å². The van der Waals surface area contributed by atoms with E-state index in [9.17, 15) is 9.18 Å². The molecule has 1 aliphatic heterocycles. The fourth-order valence-electron chi connectivity index (χ4n) is 1.95. The number of benzene rings is 1. The van der Waals surface area contributed by atoms with Crippen LogP contribution in [0.2, 0.25) is 0 Å². The average molecular weight is 217 g/mol. The monoisotopic (exact) mass is 217 g/mol. The van der Waals surface area contributed by atoms with Gasteiger partial charge in [0.25, 0.3) is 0 Å². The zero-order chi connectivity index (χ0) is 11.5. The van der Waals surface area contributed by atoms with Crippen LogP contribution >= 0.6 is 0 Å². The van der Waals surface area contributed by atoms with Gasteiger partial charge in [-0.3, -0.25) is 4.79 Å². The fourth-order valence-corrected chi connectivity index (χ4v) is 1.95. The lowest BCUT2D eigenvalue weighted by atomic mass is 10.0. The van der Waals surface area contributed by atoms with Crippen molar-refractivity contribution in [1.82, 2.24) is 0 Å². The molecule has 3 heteroatoms. The van der Waals surface area contributed by atoms with Crippen molar-refractivity contribution < 1.29 is 9.18 Å². The lowest BCUT2D eigenvalue weighted by Gasteiger charge is -2.28. The summed E-state index contributed by atoms with van der Waals surface area (Å²) in [5.74, 6) is 2.31. The summed E-state index contributed by atoms with van der Waals surface area (Å²) in [5.41, 5.74) is 1.68. The van der Waals surface area contributed by atoms with Gasteiger partial charge in [-0.15, -0.1) is 12.3 Å². The number of terminal acetylenes is 1. The normalized spacial score (nSPS) is 14.5. The summed E-state index contributed by atoms with van der Waals surface area (Å²) in [7, 11) is 0. The maximum absolute atomic E-state index is 13.0. The molecule has 1 amide bonds. The van der Waals surface area contributed by atoms with Gasteiger partial charge in [-0.2, -0.15) is 0 Å². The first-order chi connectivity index (χ1) is 7.72. The van der Waals surface area contributed by atoms with Crippen LogP contribution in [0.4, 0.5) is 10.1 Å². The molecule has 0 bridgehead atoms. The van der Waals surface area contributed by atoms with E-state index in [1.807, 2.05) is 0 Å². The second kappa shape index (κ2) is 4.36. The minimum Gasteiger partial charge on any atom is -0.311 e. The summed E-state index contributed by atoms with van der Waals surface area (Å²) in [5, 5.41) is 0. The van der Waals surface area contributed by atoms with Gasteiger partial charge in [0.2, 0.25) is 5.91 Å². The molecule has 0 saturated heterocycles. The maximum atomic E-state index is 13.0. The molecule has 1 aromatic carbocycles. The molecule has 2 nitrogen and oxygen atoms in total. The molecule has 1 aliphatic rings. The van der Waals surface area contributed by atoms with Gasteiger partial charge in [0.05, 0.1) is 0 Å². The van der Waals surface area contributed by atoms with Crippen LogP contribution < -0.4 is 4.90 Å². The third-order valence-corrected chi connectivity index (χ3v) is 2.72. The number of fused-ring (bicyclic) bond motifs is 1. The van der Waals surface area contributed by atoms with Gasteiger partial charge in [0.15, 0.2) is 0 Å². The number of hydrogen-bond donors (Lipinski definition) is 0. The Morgan fingerprint density at radius 1 is 1.44 bits per heavy atom. The summed E-state index contributed by atoms with van der Waals surface area (Å²) < 4.78 is 13.0. The smallest absolute Gasteiger partial charge is 0.227 e. The molecule has 0 radical (unpaired) electrons. The summed E-state index contributed by atoms with van der Waals surface area (Å²) >= 11 is 0. The Morgan fingerprint density at radius 3 is 3.00 bits per heavy atom. The van der Waals surface area contributed by atoms with Crippen molar-refractivity contribution in [1.29, 1.82) is 0 Å². The number of hydrogen-bond acceptors (Lipinski definition) is 1. The summed E-state index contributed by atoms with van der Waals surface area (Å²) in [6.07, 6.45) is 6.74. The molecule has 0 atom stereocenters. The molecule has 0 aromatic heterocycles. The molecule has 2 rings (SSSR count). The lowest BCUT2D eigenvalue weighted by molar-refractivity contribution is -0.118. The fraction of sp³-hybridized carbons (Fsp3) is 0.308. The summed E-state index contributed by atoms with van der Waals surface area (Å²) in [6, 6.07) is 4.52. The summed E-state index contributed by atoms with van der Waals surface area (Å²) in [6.45, 7) is 0.508. The van der Waals surface area contributed by atoms with Crippen molar-refractivity contribution in [3.05, 3.63) is 29.6 Å². The van der Waals surface area contributed by atoms with Crippen LogP contribution in [0.15, 0.2) is 18.2 Å². The average Bonchev–Trinajstić information content (AvgIpc) is 2.28. The Labute approximate surface area is 94.1 Å². The van der Waals surface area contributed by atoms with Gasteiger partial charge >= 0.3 is 0 Å². The molecule has 0 unspecified atom stereocenters. The van der Waals surface area contributed by atoms with E-state index in [1.54, 1.807) is 11.0 Å². The minimum absolute atomic E-state index is 0.0642. The van der Waals surface area contributed by atoms with Crippen molar-refractivity contribution in [2.75, 3.05) is 11.4 Å². The van der Waals surface area contributed by atoms with Gasteiger partial charge in [-0.1, -0.05) is 0 Å². The number of carbonyl (C=O) groups excluding carboxylic acids is 1. The molecule has 0 N–H and O–H groups in total. The van der Waals surface area contributed by atoms with Gasteiger partial charge < -0.3 is 4.90 Å². The van der Waals surface area contributed by atoms with E-state index in [-0.39, 0.29) is 11.7 Å². The van der Waals surface area contributed by atoms with Gasteiger partial charge in [-0.05, 0) is 30.2 Å². The van der Waals surface area contributed by atoms with Crippen LogP contribution in [-0.4, -0.2) is 12.5 Å². The summed E-state index contributed by atoms with van der Waals surface area (Å²) in [4.78, 5) is 13.4. The highest BCUT2D eigenvalue weighted by molar-refractivity contribution is 5.96. The number of halogens is 1. The van der Waals surface area contributed by atoms with Gasteiger partial charge in [-0.25, -0.2) is 4.39 Å². The highest BCUT2D eigenvalue weighted by Crippen LogP contribution is 2.28. The van der Waals surface area contributed by atoms with Crippen LogP contribution in [0.5, 0.6) is 0 Å². The number of nitrogens with zero attached hydrogens (tertiary/aromatic N) is 1. The number of amides is 1. The van der Waals surface area contributed by atoms with Crippen LogP contribution in [-0.2, 0) is 11.2 Å². The first kappa shape index (κ1) is 10.7. The zero-order valence-electron chi connectivity index (χ0n) is 8.87. The van der Waals surface area contributed by atoms with Crippen molar-refractivity contribution >= 4 is 11.6 Å². The van der Waals surface area contributed by atoms with Crippen LogP contribution in [0.25, 0.3) is 0 Å². The molecule has 82 valence electrons. The molecule has 0 saturated carbocycles. The van der Waals surface area contributed by atoms with E-state index in [2.05, 4.69) is 5.92 Å². The first-order valence-corrected chi connectivity index (χ1v) is 5.24. The molecule has 0 aliphatic carbocycles. The number of anilines is 1. The Balaban J connectivity index is 2.33. The molecule has 0 spiro atoms.